The molecule has 4 heteroatoms. The van der Waals surface area contributed by atoms with Crippen LogP contribution < -0.4 is 5.32 Å². The third-order valence-corrected chi connectivity index (χ3v) is 3.64. The van der Waals surface area contributed by atoms with Gasteiger partial charge in [0.2, 0.25) is 0 Å². The standard InChI is InChI=1S/C14H25N3O/c1-7-14(4,18-6)13-16-10(2)12(8-9-15-5)11(3)17-13/h15H,7-9H2,1-6H3. The van der Waals surface area contributed by atoms with Gasteiger partial charge in [-0.15, -0.1) is 0 Å². The number of nitrogens with zero attached hydrogens (tertiary/aromatic N) is 2. The minimum atomic E-state index is -0.392. The molecule has 0 aliphatic carbocycles. The summed E-state index contributed by atoms with van der Waals surface area (Å²) < 4.78 is 5.57. The molecule has 18 heavy (non-hydrogen) atoms. The van der Waals surface area contributed by atoms with Crippen LogP contribution in [-0.4, -0.2) is 30.7 Å². The van der Waals surface area contributed by atoms with Gasteiger partial charge in [-0.05, 0) is 52.8 Å². The van der Waals surface area contributed by atoms with Gasteiger partial charge in [-0.1, -0.05) is 6.92 Å². The maximum atomic E-state index is 5.57. The molecule has 0 amide bonds. The Morgan fingerprint density at radius 1 is 1.22 bits per heavy atom. The van der Waals surface area contributed by atoms with E-state index in [2.05, 4.69) is 36.1 Å². The Kier molecular flexibility index (Phi) is 5.23. The first-order valence-electron chi connectivity index (χ1n) is 6.52. The summed E-state index contributed by atoms with van der Waals surface area (Å²) in [7, 11) is 3.67. The van der Waals surface area contributed by atoms with E-state index in [-0.39, 0.29) is 0 Å². The Hall–Kier alpha value is -1.00. The van der Waals surface area contributed by atoms with Gasteiger partial charge < -0.3 is 10.1 Å². The Morgan fingerprint density at radius 3 is 2.17 bits per heavy atom. The van der Waals surface area contributed by atoms with Gasteiger partial charge in [0.1, 0.15) is 5.60 Å². The molecule has 0 aliphatic rings. The SMILES string of the molecule is CCC(C)(OC)c1nc(C)c(CCNC)c(C)n1. The topological polar surface area (TPSA) is 47.0 Å². The van der Waals surface area contributed by atoms with E-state index < -0.39 is 5.60 Å². The largest absolute Gasteiger partial charge is 0.371 e. The van der Waals surface area contributed by atoms with Crippen LogP contribution in [0.5, 0.6) is 0 Å². The average Bonchev–Trinajstić information content (AvgIpc) is 2.36. The molecule has 1 aromatic rings. The smallest absolute Gasteiger partial charge is 0.160 e. The van der Waals surface area contributed by atoms with Gasteiger partial charge in [-0.2, -0.15) is 0 Å². The molecule has 102 valence electrons. The van der Waals surface area contributed by atoms with Crippen molar-refractivity contribution in [3.05, 3.63) is 22.8 Å². The molecule has 1 unspecified atom stereocenters. The van der Waals surface area contributed by atoms with Crippen molar-refractivity contribution in [3.63, 3.8) is 0 Å². The lowest BCUT2D eigenvalue weighted by Crippen LogP contribution is -2.27. The lowest BCUT2D eigenvalue weighted by molar-refractivity contribution is -0.00928. The second-order valence-corrected chi connectivity index (χ2v) is 4.84. The third-order valence-electron chi connectivity index (χ3n) is 3.64. The summed E-state index contributed by atoms with van der Waals surface area (Å²) in [4.78, 5) is 9.27. The van der Waals surface area contributed by atoms with E-state index in [0.29, 0.717) is 0 Å². The molecular weight excluding hydrogens is 226 g/mol. The quantitative estimate of drug-likeness (QED) is 0.841. The summed E-state index contributed by atoms with van der Waals surface area (Å²) in [5.41, 5.74) is 2.97. The lowest BCUT2D eigenvalue weighted by atomic mass is 10.0. The van der Waals surface area contributed by atoms with Crippen molar-refractivity contribution in [2.24, 2.45) is 0 Å². The van der Waals surface area contributed by atoms with Crippen LogP contribution in [0.4, 0.5) is 0 Å². The number of hydrogen-bond donors (Lipinski definition) is 1. The van der Waals surface area contributed by atoms with E-state index in [1.165, 1.54) is 5.56 Å². The Bertz CT molecular complexity index is 377. The van der Waals surface area contributed by atoms with Gasteiger partial charge in [-0.25, -0.2) is 9.97 Å². The molecule has 0 saturated heterocycles. The highest BCUT2D eigenvalue weighted by molar-refractivity contribution is 5.26. The molecule has 0 radical (unpaired) electrons. The first-order valence-corrected chi connectivity index (χ1v) is 6.52. The minimum absolute atomic E-state index is 0.392. The Morgan fingerprint density at radius 2 is 1.78 bits per heavy atom. The van der Waals surface area contributed by atoms with Crippen LogP contribution in [0.2, 0.25) is 0 Å². The summed E-state index contributed by atoms with van der Waals surface area (Å²) in [6.45, 7) is 9.17. The van der Waals surface area contributed by atoms with Crippen molar-refractivity contribution in [1.29, 1.82) is 0 Å². The highest BCUT2D eigenvalue weighted by Gasteiger charge is 2.28. The number of nitrogens with one attached hydrogen (secondary N) is 1. The van der Waals surface area contributed by atoms with Crippen LogP contribution in [0.3, 0.4) is 0 Å². The van der Waals surface area contributed by atoms with E-state index in [4.69, 9.17) is 4.74 Å². The van der Waals surface area contributed by atoms with Crippen molar-refractivity contribution >= 4 is 0 Å². The van der Waals surface area contributed by atoms with Crippen molar-refractivity contribution in [2.75, 3.05) is 20.7 Å². The number of aryl methyl sites for hydroxylation is 2. The predicted molar refractivity (Wildman–Crippen MR) is 73.8 cm³/mol. The van der Waals surface area contributed by atoms with Gasteiger partial charge in [0.15, 0.2) is 5.82 Å². The van der Waals surface area contributed by atoms with E-state index in [9.17, 15) is 0 Å². The molecule has 4 nitrogen and oxygen atoms in total. The minimum Gasteiger partial charge on any atom is -0.371 e. The number of likely N-dealkylation sites (N-methyl/N-ethyl adjacent to an activating group) is 1. The molecular formula is C14H25N3O. The van der Waals surface area contributed by atoms with E-state index in [0.717, 1.165) is 36.6 Å². The van der Waals surface area contributed by atoms with Crippen LogP contribution in [0.1, 0.15) is 43.0 Å². The van der Waals surface area contributed by atoms with Gasteiger partial charge in [-0.3, -0.25) is 0 Å². The van der Waals surface area contributed by atoms with Crippen molar-refractivity contribution < 1.29 is 4.74 Å². The highest BCUT2D eigenvalue weighted by atomic mass is 16.5. The van der Waals surface area contributed by atoms with Gasteiger partial charge >= 0.3 is 0 Å². The zero-order valence-electron chi connectivity index (χ0n) is 12.4. The third kappa shape index (κ3) is 3.06. The molecule has 0 spiro atoms. The first kappa shape index (κ1) is 15.1. The molecule has 0 saturated carbocycles. The number of aromatic nitrogens is 2. The summed E-state index contributed by atoms with van der Waals surface area (Å²) in [6.07, 6.45) is 1.82. The number of rotatable bonds is 6. The van der Waals surface area contributed by atoms with Gasteiger partial charge in [0.05, 0.1) is 0 Å². The fourth-order valence-electron chi connectivity index (χ4n) is 1.98. The average molecular weight is 251 g/mol. The summed E-state index contributed by atoms with van der Waals surface area (Å²) in [6, 6.07) is 0. The number of methoxy groups -OCH3 is 1. The number of ether oxygens (including phenoxy) is 1. The van der Waals surface area contributed by atoms with E-state index >= 15 is 0 Å². The highest BCUT2D eigenvalue weighted by Crippen LogP contribution is 2.26. The van der Waals surface area contributed by atoms with Gasteiger partial charge in [0, 0.05) is 18.5 Å². The molecule has 1 atom stereocenters. The molecule has 0 aliphatic heterocycles. The van der Waals surface area contributed by atoms with Crippen LogP contribution in [0.15, 0.2) is 0 Å². The van der Waals surface area contributed by atoms with E-state index in [1.807, 2.05) is 14.0 Å². The molecule has 0 aromatic carbocycles. The first-order chi connectivity index (χ1) is 8.48. The zero-order valence-corrected chi connectivity index (χ0v) is 12.4. The monoisotopic (exact) mass is 251 g/mol. The molecule has 1 aromatic heterocycles. The van der Waals surface area contributed by atoms with Crippen LogP contribution in [-0.2, 0) is 16.8 Å². The van der Waals surface area contributed by atoms with Crippen LogP contribution >= 0.6 is 0 Å². The van der Waals surface area contributed by atoms with Gasteiger partial charge in [0.25, 0.3) is 0 Å². The maximum absolute atomic E-state index is 5.57. The summed E-state index contributed by atoms with van der Waals surface area (Å²) >= 11 is 0. The summed E-state index contributed by atoms with van der Waals surface area (Å²) in [5, 5.41) is 3.16. The second kappa shape index (κ2) is 6.25. The van der Waals surface area contributed by atoms with Crippen LogP contribution in [0.25, 0.3) is 0 Å². The Balaban J connectivity index is 3.13. The molecule has 0 fully saturated rings. The predicted octanol–water partition coefficient (Wildman–Crippen LogP) is 2.13. The van der Waals surface area contributed by atoms with Crippen LogP contribution in [0, 0.1) is 13.8 Å². The summed E-state index contributed by atoms with van der Waals surface area (Å²) in [5.74, 6) is 0.788. The fraction of sp³-hybridized carbons (Fsp3) is 0.714. The lowest BCUT2D eigenvalue weighted by Gasteiger charge is -2.26. The van der Waals surface area contributed by atoms with Crippen molar-refractivity contribution in [1.82, 2.24) is 15.3 Å². The molecule has 1 N–H and O–H groups in total. The second-order valence-electron chi connectivity index (χ2n) is 4.84. The zero-order chi connectivity index (χ0) is 13.8. The number of hydrogen-bond acceptors (Lipinski definition) is 4. The molecule has 1 heterocycles. The molecule has 0 bridgehead atoms. The fourth-order valence-corrected chi connectivity index (χ4v) is 1.98. The van der Waals surface area contributed by atoms with Crippen molar-refractivity contribution in [3.8, 4) is 0 Å². The van der Waals surface area contributed by atoms with Crippen molar-refractivity contribution in [2.45, 2.75) is 46.1 Å². The molecule has 1 rings (SSSR count). The normalized spacial score (nSPS) is 14.6. The Labute approximate surface area is 110 Å². The maximum Gasteiger partial charge on any atom is 0.160 e. The van der Waals surface area contributed by atoms with E-state index in [1.54, 1.807) is 7.11 Å².